The molecular weight excluding hydrogens is 200 g/mol. The lowest BCUT2D eigenvalue weighted by Crippen LogP contribution is -2.36. The van der Waals surface area contributed by atoms with E-state index in [1.807, 2.05) is 10.6 Å². The van der Waals surface area contributed by atoms with Gasteiger partial charge in [-0.25, -0.2) is 0 Å². The molecule has 0 fully saturated rings. The first kappa shape index (κ1) is 12.8. The van der Waals surface area contributed by atoms with Crippen LogP contribution in [0.5, 0.6) is 0 Å². The van der Waals surface area contributed by atoms with Crippen LogP contribution in [0.15, 0.2) is 25.3 Å². The van der Waals surface area contributed by atoms with Crippen molar-refractivity contribution in [2.45, 2.75) is 6.42 Å². The summed E-state index contributed by atoms with van der Waals surface area (Å²) in [5.74, 6) is -3.03. The second-order valence-corrected chi connectivity index (χ2v) is 2.41. The van der Waals surface area contributed by atoms with Gasteiger partial charge in [-0.2, -0.15) is 0 Å². The van der Waals surface area contributed by atoms with Crippen LogP contribution in [0, 0.1) is 0 Å². The Labute approximate surface area is 86.0 Å². The Morgan fingerprint density at radius 3 is 1.47 bits per heavy atom. The third kappa shape index (κ3) is 5.92. The van der Waals surface area contributed by atoms with Gasteiger partial charge in [0, 0.05) is 0 Å². The van der Waals surface area contributed by atoms with Crippen molar-refractivity contribution in [2.75, 3.05) is 0 Å². The first-order valence-corrected chi connectivity index (χ1v) is 3.92. The molecule has 0 spiro atoms. The van der Waals surface area contributed by atoms with Crippen molar-refractivity contribution in [2.24, 2.45) is 0 Å². The third-order valence-corrected chi connectivity index (χ3v) is 1.22. The van der Waals surface area contributed by atoms with Gasteiger partial charge in [0.05, 0.1) is 0 Å². The molecule has 6 nitrogen and oxygen atoms in total. The van der Waals surface area contributed by atoms with E-state index in [9.17, 15) is 19.2 Å². The zero-order valence-electron chi connectivity index (χ0n) is 7.91. The first-order chi connectivity index (χ1) is 6.99. The first-order valence-electron chi connectivity index (χ1n) is 3.92. The fourth-order valence-electron chi connectivity index (χ4n) is 0.611. The molecule has 0 heterocycles. The zero-order valence-corrected chi connectivity index (χ0v) is 7.91. The fourth-order valence-corrected chi connectivity index (χ4v) is 0.611. The Morgan fingerprint density at radius 1 is 0.867 bits per heavy atom. The van der Waals surface area contributed by atoms with E-state index in [0.717, 1.165) is 12.2 Å². The zero-order chi connectivity index (χ0) is 11.8. The molecule has 2 N–H and O–H groups in total. The highest BCUT2D eigenvalue weighted by Crippen LogP contribution is 1.81. The number of amides is 4. The molecule has 80 valence electrons. The summed E-state index contributed by atoms with van der Waals surface area (Å²) < 4.78 is 0. The van der Waals surface area contributed by atoms with Gasteiger partial charge in [0.25, 0.3) is 0 Å². The van der Waals surface area contributed by atoms with Crippen molar-refractivity contribution < 1.29 is 19.2 Å². The minimum absolute atomic E-state index is 0.612. The van der Waals surface area contributed by atoms with Crippen molar-refractivity contribution in [1.82, 2.24) is 10.6 Å². The van der Waals surface area contributed by atoms with Crippen LogP contribution in [-0.2, 0) is 19.2 Å². The van der Waals surface area contributed by atoms with E-state index < -0.39 is 30.0 Å². The Bertz CT molecular complexity index is 301. The Kier molecular flexibility index (Phi) is 5.32. The summed E-state index contributed by atoms with van der Waals surface area (Å²) in [6.07, 6.45) is 1.18. The van der Waals surface area contributed by atoms with Crippen LogP contribution < -0.4 is 10.6 Å². The summed E-state index contributed by atoms with van der Waals surface area (Å²) in [6.45, 7) is 6.24. The van der Waals surface area contributed by atoms with Crippen LogP contribution in [0.4, 0.5) is 0 Å². The van der Waals surface area contributed by atoms with Crippen LogP contribution >= 0.6 is 0 Å². The van der Waals surface area contributed by atoms with Crippen molar-refractivity contribution >= 4 is 23.6 Å². The van der Waals surface area contributed by atoms with Crippen LogP contribution in [0.25, 0.3) is 0 Å². The molecule has 0 rings (SSSR count). The average Bonchev–Trinajstić information content (AvgIpc) is 2.16. The monoisotopic (exact) mass is 210 g/mol. The second kappa shape index (κ2) is 6.25. The summed E-state index contributed by atoms with van der Waals surface area (Å²) in [7, 11) is 0. The highest BCUT2D eigenvalue weighted by Gasteiger charge is 2.12. The molecule has 0 saturated carbocycles. The van der Waals surface area contributed by atoms with Crippen molar-refractivity contribution in [3.05, 3.63) is 25.3 Å². The number of hydrogen-bond donors (Lipinski definition) is 2. The lowest BCUT2D eigenvalue weighted by atomic mass is 10.3. The third-order valence-electron chi connectivity index (χ3n) is 1.22. The Balaban J connectivity index is 4.02. The van der Waals surface area contributed by atoms with Crippen molar-refractivity contribution in [3.8, 4) is 0 Å². The van der Waals surface area contributed by atoms with Crippen molar-refractivity contribution in [3.63, 3.8) is 0 Å². The number of carbonyl (C=O) groups excluding carboxylic acids is 4. The molecule has 4 amide bonds. The quantitative estimate of drug-likeness (QED) is 0.461. The summed E-state index contributed by atoms with van der Waals surface area (Å²) in [6, 6.07) is 0. The summed E-state index contributed by atoms with van der Waals surface area (Å²) in [5, 5.41) is 3.72. The van der Waals surface area contributed by atoms with E-state index in [1.165, 1.54) is 0 Å². The Hall–Kier alpha value is -2.24. The average molecular weight is 210 g/mol. The number of hydrogen-bond acceptors (Lipinski definition) is 4. The van der Waals surface area contributed by atoms with Crippen LogP contribution in [0.3, 0.4) is 0 Å². The van der Waals surface area contributed by atoms with Gasteiger partial charge < -0.3 is 0 Å². The summed E-state index contributed by atoms with van der Waals surface area (Å²) >= 11 is 0. The maximum atomic E-state index is 10.9. The molecule has 0 aliphatic heterocycles. The van der Waals surface area contributed by atoms with E-state index in [-0.39, 0.29) is 0 Å². The molecule has 0 aromatic rings. The second-order valence-electron chi connectivity index (χ2n) is 2.41. The smallest absolute Gasteiger partial charge is 0.249 e. The number of carbonyl (C=O) groups is 4. The van der Waals surface area contributed by atoms with Crippen LogP contribution in [0.2, 0.25) is 0 Å². The normalized spacial score (nSPS) is 8.53. The SMILES string of the molecule is C=CC(=O)NC(=O)CC(=O)NC(=O)C=C. The van der Waals surface area contributed by atoms with Gasteiger partial charge in [-0.05, 0) is 12.2 Å². The van der Waals surface area contributed by atoms with E-state index >= 15 is 0 Å². The predicted octanol–water partition coefficient (Wildman–Crippen LogP) is -0.966. The summed E-state index contributed by atoms with van der Waals surface area (Å²) in [4.78, 5) is 43.1. The molecule has 0 atom stereocenters. The molecule has 0 aromatic carbocycles. The van der Waals surface area contributed by atoms with E-state index in [2.05, 4.69) is 13.2 Å². The van der Waals surface area contributed by atoms with Gasteiger partial charge in [0.1, 0.15) is 6.42 Å². The van der Waals surface area contributed by atoms with Gasteiger partial charge >= 0.3 is 0 Å². The molecule has 0 radical (unpaired) electrons. The predicted molar refractivity (Wildman–Crippen MR) is 51.3 cm³/mol. The number of rotatable bonds is 4. The lowest BCUT2D eigenvalue weighted by molar-refractivity contribution is -0.133. The molecule has 15 heavy (non-hydrogen) atoms. The minimum atomic E-state index is -0.811. The largest absolute Gasteiger partial charge is 0.292 e. The molecular formula is C9H10N2O4. The topological polar surface area (TPSA) is 92.3 Å². The molecule has 0 bridgehead atoms. The highest BCUT2D eigenvalue weighted by atomic mass is 16.2. The van der Waals surface area contributed by atoms with Gasteiger partial charge in [0.2, 0.25) is 23.6 Å². The molecule has 0 saturated heterocycles. The minimum Gasteiger partial charge on any atom is -0.292 e. The van der Waals surface area contributed by atoms with E-state index in [1.54, 1.807) is 0 Å². The van der Waals surface area contributed by atoms with Gasteiger partial charge in [0.15, 0.2) is 0 Å². The van der Waals surface area contributed by atoms with E-state index in [0.29, 0.717) is 0 Å². The lowest BCUT2D eigenvalue weighted by Gasteiger charge is -2.00. The van der Waals surface area contributed by atoms with Gasteiger partial charge in [-0.15, -0.1) is 0 Å². The highest BCUT2D eigenvalue weighted by molar-refractivity contribution is 6.10. The number of nitrogens with one attached hydrogen (secondary N) is 2. The van der Waals surface area contributed by atoms with Gasteiger partial charge in [-0.1, -0.05) is 13.2 Å². The van der Waals surface area contributed by atoms with Crippen LogP contribution in [-0.4, -0.2) is 23.6 Å². The molecule has 6 heteroatoms. The molecule has 0 aliphatic carbocycles. The maximum absolute atomic E-state index is 10.9. The maximum Gasteiger partial charge on any atom is 0.249 e. The standard InChI is InChI=1S/C9H10N2O4/c1-3-6(12)10-8(14)5-9(15)11-7(13)4-2/h3-4H,1-2,5H2,(H,10,12,14)(H,11,13,15). The van der Waals surface area contributed by atoms with Crippen molar-refractivity contribution in [1.29, 1.82) is 0 Å². The molecule has 0 aliphatic rings. The van der Waals surface area contributed by atoms with Gasteiger partial charge in [-0.3, -0.25) is 29.8 Å². The Morgan fingerprint density at radius 2 is 1.20 bits per heavy atom. The fraction of sp³-hybridized carbons (Fsp3) is 0.111. The molecule has 0 aromatic heterocycles. The van der Waals surface area contributed by atoms with Crippen LogP contribution in [0.1, 0.15) is 6.42 Å². The molecule has 0 unspecified atom stereocenters. The summed E-state index contributed by atoms with van der Waals surface area (Å²) in [5.41, 5.74) is 0. The van der Waals surface area contributed by atoms with E-state index in [4.69, 9.17) is 0 Å². The number of imide groups is 2.